The molecule has 1 aromatic rings. The molecule has 108 valence electrons. The van der Waals surface area contributed by atoms with E-state index in [4.69, 9.17) is 33.4 Å². The van der Waals surface area contributed by atoms with Crippen LogP contribution in [0.1, 0.15) is 12.0 Å². The number of rotatable bonds is 6. The number of carbonyl (C=O) groups excluding carboxylic acids is 1. The van der Waals surface area contributed by atoms with E-state index in [0.29, 0.717) is 15.6 Å². The van der Waals surface area contributed by atoms with E-state index in [1.54, 1.807) is 18.2 Å². The van der Waals surface area contributed by atoms with Crippen LogP contribution in [0.25, 0.3) is 6.08 Å². The predicted octanol–water partition coefficient (Wildman–Crippen LogP) is 1.96. The molecule has 3 N–H and O–H groups in total. The summed E-state index contributed by atoms with van der Waals surface area (Å²) in [5, 5.41) is 20.8. The molecule has 1 amide bonds. The normalized spacial score (nSPS) is 12.3. The number of aliphatic hydroxyl groups is 1. The fraction of sp³-hybridized carbons (Fsp3) is 0.231. The quantitative estimate of drug-likeness (QED) is 0.700. The lowest BCUT2D eigenvalue weighted by molar-refractivity contribution is -0.147. The number of aliphatic carboxylic acids is 1. The summed E-state index contributed by atoms with van der Waals surface area (Å²) in [4.78, 5) is 21.8. The molecule has 1 aromatic carbocycles. The zero-order valence-electron chi connectivity index (χ0n) is 10.3. The molecule has 0 saturated carbocycles. The Bertz CT molecular complexity index is 511. The Morgan fingerprint density at radius 2 is 1.90 bits per heavy atom. The first-order valence-corrected chi connectivity index (χ1v) is 6.48. The first-order valence-electron chi connectivity index (χ1n) is 5.72. The molecule has 0 spiro atoms. The maximum atomic E-state index is 11.5. The lowest BCUT2D eigenvalue weighted by Gasteiger charge is -2.05. The number of carboxylic acids is 1. The van der Waals surface area contributed by atoms with Crippen molar-refractivity contribution in [3.8, 4) is 0 Å². The van der Waals surface area contributed by atoms with E-state index in [-0.39, 0.29) is 13.0 Å². The Morgan fingerprint density at radius 1 is 1.30 bits per heavy atom. The van der Waals surface area contributed by atoms with Crippen molar-refractivity contribution in [2.24, 2.45) is 0 Å². The molecule has 0 aliphatic carbocycles. The Hall–Kier alpha value is -1.56. The van der Waals surface area contributed by atoms with Gasteiger partial charge >= 0.3 is 5.97 Å². The first kappa shape index (κ1) is 16.5. The Morgan fingerprint density at radius 3 is 2.45 bits per heavy atom. The second-order valence-corrected chi connectivity index (χ2v) is 4.72. The highest BCUT2D eigenvalue weighted by Gasteiger charge is 2.12. The summed E-state index contributed by atoms with van der Waals surface area (Å²) < 4.78 is 0. The van der Waals surface area contributed by atoms with Gasteiger partial charge in [0, 0.05) is 34.7 Å². The molecule has 1 atom stereocenters. The van der Waals surface area contributed by atoms with Crippen LogP contribution in [0.15, 0.2) is 24.3 Å². The average molecular weight is 318 g/mol. The summed E-state index contributed by atoms with van der Waals surface area (Å²) in [5.41, 5.74) is 0.525. The van der Waals surface area contributed by atoms with Crippen molar-refractivity contribution >= 4 is 41.2 Å². The topological polar surface area (TPSA) is 86.6 Å². The van der Waals surface area contributed by atoms with Crippen LogP contribution in [-0.2, 0) is 9.59 Å². The second kappa shape index (κ2) is 7.89. The van der Waals surface area contributed by atoms with E-state index in [9.17, 15) is 9.59 Å². The molecule has 5 nitrogen and oxygen atoms in total. The van der Waals surface area contributed by atoms with Gasteiger partial charge in [-0.1, -0.05) is 29.3 Å². The van der Waals surface area contributed by atoms with Gasteiger partial charge in [0.15, 0.2) is 6.10 Å². The number of amides is 1. The minimum Gasteiger partial charge on any atom is -0.479 e. The molecule has 0 aromatic heterocycles. The molecule has 20 heavy (non-hydrogen) atoms. The largest absolute Gasteiger partial charge is 0.479 e. The first-order chi connectivity index (χ1) is 9.41. The van der Waals surface area contributed by atoms with Crippen LogP contribution in [0, 0.1) is 0 Å². The highest BCUT2D eigenvalue weighted by molar-refractivity contribution is 6.37. The van der Waals surface area contributed by atoms with Gasteiger partial charge < -0.3 is 15.5 Å². The van der Waals surface area contributed by atoms with Gasteiger partial charge in [-0.05, 0) is 18.2 Å². The molecule has 0 aliphatic heterocycles. The van der Waals surface area contributed by atoms with Gasteiger partial charge in [0.25, 0.3) is 0 Å². The summed E-state index contributed by atoms with van der Waals surface area (Å²) in [6, 6.07) is 4.98. The minimum atomic E-state index is -1.49. The Balaban J connectivity index is 2.50. The van der Waals surface area contributed by atoms with Gasteiger partial charge in [-0.25, -0.2) is 4.79 Å². The second-order valence-electron chi connectivity index (χ2n) is 3.90. The molecule has 1 unspecified atom stereocenters. The highest BCUT2D eigenvalue weighted by Crippen LogP contribution is 2.25. The lowest BCUT2D eigenvalue weighted by atomic mass is 10.2. The zero-order chi connectivity index (χ0) is 15.1. The van der Waals surface area contributed by atoms with Gasteiger partial charge in [-0.3, -0.25) is 4.79 Å². The number of hydrogen-bond acceptors (Lipinski definition) is 3. The van der Waals surface area contributed by atoms with Crippen LogP contribution in [-0.4, -0.2) is 34.7 Å². The van der Waals surface area contributed by atoms with Crippen LogP contribution in [0.3, 0.4) is 0 Å². The minimum absolute atomic E-state index is 0.0485. The van der Waals surface area contributed by atoms with Crippen molar-refractivity contribution in [3.05, 3.63) is 39.9 Å². The predicted molar refractivity (Wildman–Crippen MR) is 76.8 cm³/mol. The van der Waals surface area contributed by atoms with Gasteiger partial charge in [0.2, 0.25) is 5.91 Å². The van der Waals surface area contributed by atoms with Crippen LogP contribution >= 0.6 is 23.2 Å². The van der Waals surface area contributed by atoms with E-state index < -0.39 is 18.0 Å². The standard InChI is InChI=1S/C13H13Cl2NO4/c14-9-2-1-3-10(15)8(9)4-5-12(18)16-7-6-11(17)13(19)20/h1-5,11,17H,6-7H2,(H,16,18)(H,19,20)/b5-4+. The van der Waals surface area contributed by atoms with Crippen LogP contribution in [0.4, 0.5) is 0 Å². The molecular weight excluding hydrogens is 305 g/mol. The summed E-state index contributed by atoms with van der Waals surface area (Å²) >= 11 is 11.9. The molecule has 1 rings (SSSR count). The third-order valence-electron chi connectivity index (χ3n) is 2.40. The monoisotopic (exact) mass is 317 g/mol. The van der Waals surface area contributed by atoms with Crippen molar-refractivity contribution < 1.29 is 19.8 Å². The van der Waals surface area contributed by atoms with E-state index in [0.717, 1.165) is 0 Å². The number of carbonyl (C=O) groups is 2. The van der Waals surface area contributed by atoms with Gasteiger partial charge in [-0.15, -0.1) is 0 Å². The number of nitrogens with one attached hydrogen (secondary N) is 1. The van der Waals surface area contributed by atoms with Crippen molar-refractivity contribution in [2.75, 3.05) is 6.54 Å². The van der Waals surface area contributed by atoms with E-state index in [1.807, 2.05) is 0 Å². The SMILES string of the molecule is O=C(/C=C/c1c(Cl)cccc1Cl)NCCC(O)C(=O)O. The van der Waals surface area contributed by atoms with Crippen LogP contribution in [0.2, 0.25) is 10.0 Å². The lowest BCUT2D eigenvalue weighted by Crippen LogP contribution is -2.28. The Kier molecular flexibility index (Phi) is 6.51. The van der Waals surface area contributed by atoms with Crippen molar-refractivity contribution in [2.45, 2.75) is 12.5 Å². The molecule has 0 fully saturated rings. The van der Waals surface area contributed by atoms with Crippen molar-refractivity contribution in [1.82, 2.24) is 5.32 Å². The summed E-state index contributed by atoms with van der Waals surface area (Å²) in [7, 11) is 0. The smallest absolute Gasteiger partial charge is 0.332 e. The summed E-state index contributed by atoms with van der Waals surface area (Å²) in [6.45, 7) is 0.0485. The number of halogens is 2. The summed E-state index contributed by atoms with van der Waals surface area (Å²) in [5.74, 6) is -1.75. The molecule has 0 saturated heterocycles. The van der Waals surface area contributed by atoms with Gasteiger partial charge in [0.05, 0.1) is 0 Å². The van der Waals surface area contributed by atoms with Crippen LogP contribution in [0.5, 0.6) is 0 Å². The van der Waals surface area contributed by atoms with E-state index >= 15 is 0 Å². The van der Waals surface area contributed by atoms with Crippen LogP contribution < -0.4 is 5.32 Å². The average Bonchev–Trinajstić information content (AvgIpc) is 2.37. The number of hydrogen-bond donors (Lipinski definition) is 3. The maximum Gasteiger partial charge on any atom is 0.332 e. The van der Waals surface area contributed by atoms with Crippen molar-refractivity contribution in [3.63, 3.8) is 0 Å². The summed E-state index contributed by atoms with van der Waals surface area (Å²) in [6.07, 6.45) is 1.15. The molecule has 0 bridgehead atoms. The Labute approximate surface area is 125 Å². The molecule has 0 heterocycles. The van der Waals surface area contributed by atoms with E-state index in [1.165, 1.54) is 12.2 Å². The van der Waals surface area contributed by atoms with Crippen molar-refractivity contribution in [1.29, 1.82) is 0 Å². The fourth-order valence-electron chi connectivity index (χ4n) is 1.34. The van der Waals surface area contributed by atoms with E-state index in [2.05, 4.69) is 5.32 Å². The van der Waals surface area contributed by atoms with Gasteiger partial charge in [0.1, 0.15) is 0 Å². The molecule has 7 heteroatoms. The van der Waals surface area contributed by atoms with Gasteiger partial charge in [-0.2, -0.15) is 0 Å². The molecular formula is C13H13Cl2NO4. The highest BCUT2D eigenvalue weighted by atomic mass is 35.5. The third-order valence-corrected chi connectivity index (χ3v) is 3.06. The maximum absolute atomic E-state index is 11.5. The number of carboxylic acid groups (broad SMARTS) is 1. The fourth-order valence-corrected chi connectivity index (χ4v) is 1.87. The number of aliphatic hydroxyl groups excluding tert-OH is 1. The number of benzene rings is 1. The third kappa shape index (κ3) is 5.21. The molecule has 0 aliphatic rings. The molecule has 0 radical (unpaired) electrons. The zero-order valence-corrected chi connectivity index (χ0v) is 11.9.